The number of methoxy groups -OCH3 is 1. The van der Waals surface area contributed by atoms with Crippen molar-refractivity contribution in [3.8, 4) is 0 Å². The first kappa shape index (κ1) is 13.1. The average molecular weight is 261 g/mol. The molecule has 1 nitrogen and oxygen atoms in total. The zero-order valence-electron chi connectivity index (χ0n) is 10.4. The Morgan fingerprint density at radius 3 is 2.06 bits per heavy atom. The molecule has 94 valence electrons. The summed E-state index contributed by atoms with van der Waals surface area (Å²) in [5.74, 6) is 0.167. The number of benzene rings is 2. The van der Waals surface area contributed by atoms with E-state index in [9.17, 15) is 0 Å². The van der Waals surface area contributed by atoms with Crippen molar-refractivity contribution < 1.29 is 4.74 Å². The molecule has 0 bridgehead atoms. The predicted molar refractivity (Wildman–Crippen MR) is 76.0 cm³/mol. The fourth-order valence-corrected chi connectivity index (χ4v) is 2.33. The molecule has 0 radical (unpaired) electrons. The number of halogens is 1. The van der Waals surface area contributed by atoms with Gasteiger partial charge in [-0.25, -0.2) is 0 Å². The minimum absolute atomic E-state index is 0.167. The van der Waals surface area contributed by atoms with Gasteiger partial charge in [-0.3, -0.25) is 0 Å². The minimum Gasteiger partial charge on any atom is -0.365 e. The van der Waals surface area contributed by atoms with Gasteiger partial charge in [0.25, 0.3) is 0 Å². The fourth-order valence-electron chi connectivity index (χ4n) is 2.09. The Morgan fingerprint density at radius 2 is 1.50 bits per heavy atom. The Kier molecular flexibility index (Phi) is 4.80. The molecule has 0 aliphatic rings. The minimum atomic E-state index is -0.312. The molecule has 0 N–H and O–H groups in total. The van der Waals surface area contributed by atoms with Crippen LogP contribution in [0.4, 0.5) is 0 Å². The topological polar surface area (TPSA) is 9.23 Å². The first-order valence-corrected chi connectivity index (χ1v) is 6.50. The maximum absolute atomic E-state index is 6.29. The van der Waals surface area contributed by atoms with Crippen molar-refractivity contribution in [2.45, 2.75) is 17.9 Å². The summed E-state index contributed by atoms with van der Waals surface area (Å²) >= 11 is 6.29. The summed E-state index contributed by atoms with van der Waals surface area (Å²) < 4.78 is 5.30. The van der Waals surface area contributed by atoms with Crippen LogP contribution in [0.2, 0.25) is 0 Å². The molecule has 2 unspecified atom stereocenters. The zero-order chi connectivity index (χ0) is 12.8. The molecule has 0 amide bonds. The van der Waals surface area contributed by atoms with E-state index in [0.29, 0.717) is 0 Å². The van der Waals surface area contributed by atoms with Crippen LogP contribution in [-0.4, -0.2) is 12.7 Å². The Morgan fingerprint density at radius 1 is 0.944 bits per heavy atom. The molecule has 0 aromatic heterocycles. The van der Waals surface area contributed by atoms with Gasteiger partial charge in [0.15, 0.2) is 0 Å². The molecule has 2 heteroatoms. The van der Waals surface area contributed by atoms with Crippen molar-refractivity contribution in [1.82, 2.24) is 0 Å². The summed E-state index contributed by atoms with van der Waals surface area (Å²) in [5, 5.41) is 0. The average Bonchev–Trinajstić information content (AvgIpc) is 2.46. The maximum Gasteiger partial charge on any atom is 0.137 e. The van der Waals surface area contributed by atoms with E-state index in [1.807, 2.05) is 36.4 Å². The van der Waals surface area contributed by atoms with E-state index in [1.54, 1.807) is 7.11 Å². The van der Waals surface area contributed by atoms with Gasteiger partial charge in [0.1, 0.15) is 5.56 Å². The molecule has 2 atom stereocenters. The van der Waals surface area contributed by atoms with Crippen LogP contribution in [0.25, 0.3) is 0 Å². The summed E-state index contributed by atoms with van der Waals surface area (Å²) in [6.45, 7) is 0. The second kappa shape index (κ2) is 6.58. The first-order chi connectivity index (χ1) is 8.81. The monoisotopic (exact) mass is 260 g/mol. The van der Waals surface area contributed by atoms with Gasteiger partial charge in [-0.15, -0.1) is 0 Å². The maximum atomic E-state index is 6.29. The van der Waals surface area contributed by atoms with Gasteiger partial charge in [-0.1, -0.05) is 72.3 Å². The smallest absolute Gasteiger partial charge is 0.137 e. The van der Waals surface area contributed by atoms with Crippen molar-refractivity contribution in [3.63, 3.8) is 0 Å². The van der Waals surface area contributed by atoms with Gasteiger partial charge in [0.2, 0.25) is 0 Å². The quantitative estimate of drug-likeness (QED) is 0.732. The van der Waals surface area contributed by atoms with Crippen LogP contribution in [0.15, 0.2) is 60.7 Å². The number of ether oxygens (including phenoxy) is 1. The number of rotatable bonds is 5. The number of alkyl halides is 1. The van der Waals surface area contributed by atoms with Crippen LogP contribution in [0.1, 0.15) is 17.0 Å². The summed E-state index contributed by atoms with van der Waals surface area (Å²) in [5.41, 5.74) is 2.17. The van der Waals surface area contributed by atoms with E-state index in [-0.39, 0.29) is 11.5 Å². The van der Waals surface area contributed by atoms with Crippen molar-refractivity contribution in [1.29, 1.82) is 0 Å². The fraction of sp³-hybridized carbons (Fsp3) is 0.250. The first-order valence-electron chi connectivity index (χ1n) is 6.07. The lowest BCUT2D eigenvalue weighted by Gasteiger charge is -2.21. The van der Waals surface area contributed by atoms with E-state index in [1.165, 1.54) is 11.1 Å². The third-order valence-corrected chi connectivity index (χ3v) is 3.55. The molecule has 18 heavy (non-hydrogen) atoms. The molecule has 0 saturated carbocycles. The van der Waals surface area contributed by atoms with Crippen molar-refractivity contribution in [2.24, 2.45) is 0 Å². The lowest BCUT2D eigenvalue weighted by atomic mass is 9.92. The molecule has 0 spiro atoms. The Hall–Kier alpha value is -1.31. The van der Waals surface area contributed by atoms with Crippen LogP contribution < -0.4 is 0 Å². The van der Waals surface area contributed by atoms with Gasteiger partial charge in [-0.2, -0.15) is 0 Å². The van der Waals surface area contributed by atoms with Gasteiger partial charge < -0.3 is 4.74 Å². The highest BCUT2D eigenvalue weighted by Gasteiger charge is 2.21. The second-order valence-corrected chi connectivity index (χ2v) is 4.72. The van der Waals surface area contributed by atoms with E-state index in [0.717, 1.165) is 6.42 Å². The van der Waals surface area contributed by atoms with Crippen LogP contribution >= 0.6 is 11.6 Å². The van der Waals surface area contributed by atoms with E-state index in [4.69, 9.17) is 16.3 Å². The highest BCUT2D eigenvalue weighted by atomic mass is 35.5. The Balaban J connectivity index is 2.21. The number of hydrogen-bond donors (Lipinski definition) is 0. The molecule has 2 aromatic rings. The van der Waals surface area contributed by atoms with Crippen LogP contribution in [-0.2, 0) is 11.2 Å². The molecule has 2 rings (SSSR count). The van der Waals surface area contributed by atoms with Crippen LogP contribution in [0, 0.1) is 0 Å². The second-order valence-electron chi connectivity index (χ2n) is 4.29. The van der Waals surface area contributed by atoms with E-state index >= 15 is 0 Å². The van der Waals surface area contributed by atoms with E-state index in [2.05, 4.69) is 24.3 Å². The third kappa shape index (κ3) is 3.34. The van der Waals surface area contributed by atoms with Gasteiger partial charge in [0.05, 0.1) is 0 Å². The third-order valence-electron chi connectivity index (χ3n) is 3.07. The summed E-state index contributed by atoms with van der Waals surface area (Å²) in [4.78, 5) is 0. The summed E-state index contributed by atoms with van der Waals surface area (Å²) in [7, 11) is 1.65. The van der Waals surface area contributed by atoms with Gasteiger partial charge in [-0.05, 0) is 17.5 Å². The van der Waals surface area contributed by atoms with Gasteiger partial charge in [0, 0.05) is 13.0 Å². The predicted octanol–water partition coefficient (Wildman–Crippen LogP) is 4.22. The summed E-state index contributed by atoms with van der Waals surface area (Å²) in [6.07, 6.45) is 0.882. The van der Waals surface area contributed by atoms with Gasteiger partial charge >= 0.3 is 0 Å². The Bertz CT molecular complexity index is 455. The van der Waals surface area contributed by atoms with Crippen molar-refractivity contribution >= 4 is 11.6 Å². The highest BCUT2D eigenvalue weighted by molar-refractivity contribution is 6.20. The van der Waals surface area contributed by atoms with Crippen molar-refractivity contribution in [2.75, 3.05) is 7.11 Å². The molecule has 0 saturated heterocycles. The normalized spacial score (nSPS) is 14.1. The SMILES string of the molecule is COC(Cl)C(Cc1ccccc1)c1ccccc1. The molecule has 0 aliphatic carbocycles. The zero-order valence-corrected chi connectivity index (χ0v) is 11.2. The lowest BCUT2D eigenvalue weighted by Crippen LogP contribution is -2.17. The van der Waals surface area contributed by atoms with Crippen LogP contribution in [0.3, 0.4) is 0 Å². The Labute approximate surface area is 113 Å². The lowest BCUT2D eigenvalue weighted by molar-refractivity contribution is 0.143. The van der Waals surface area contributed by atoms with Crippen LogP contribution in [0.5, 0.6) is 0 Å². The molecular formula is C16H17ClO. The molecule has 0 aliphatic heterocycles. The van der Waals surface area contributed by atoms with Crippen molar-refractivity contribution in [3.05, 3.63) is 71.8 Å². The molecular weight excluding hydrogens is 244 g/mol. The van der Waals surface area contributed by atoms with E-state index < -0.39 is 0 Å². The largest absolute Gasteiger partial charge is 0.365 e. The standard InChI is InChI=1S/C16H17ClO/c1-18-16(17)15(14-10-6-3-7-11-14)12-13-8-4-2-5-9-13/h2-11,15-16H,12H2,1H3. The highest BCUT2D eigenvalue weighted by Crippen LogP contribution is 2.28. The number of hydrogen-bond acceptors (Lipinski definition) is 1. The molecule has 0 fully saturated rings. The molecule has 2 aromatic carbocycles. The summed E-state index contributed by atoms with van der Waals surface area (Å²) in [6, 6.07) is 20.6. The molecule has 0 heterocycles.